The lowest BCUT2D eigenvalue weighted by atomic mass is 10.0. The highest BCUT2D eigenvalue weighted by Crippen LogP contribution is 2.14. The van der Waals surface area contributed by atoms with Gasteiger partial charge in [0, 0.05) is 6.54 Å². The van der Waals surface area contributed by atoms with Crippen LogP contribution in [0.15, 0.2) is 47.1 Å². The van der Waals surface area contributed by atoms with Gasteiger partial charge in [0.15, 0.2) is 0 Å². The van der Waals surface area contributed by atoms with E-state index in [0.717, 1.165) is 18.7 Å². The van der Waals surface area contributed by atoms with Gasteiger partial charge in [-0.3, -0.25) is 0 Å². The number of furan rings is 1. The Morgan fingerprint density at radius 3 is 2.26 bits per heavy atom. The second kappa shape index (κ2) is 6.58. The molecule has 2 aromatic rings. The fraction of sp³-hybridized carbons (Fsp3) is 0.412. The van der Waals surface area contributed by atoms with Crippen molar-refractivity contribution in [1.29, 1.82) is 0 Å². The van der Waals surface area contributed by atoms with E-state index in [-0.39, 0.29) is 6.04 Å². The molecule has 0 spiro atoms. The van der Waals surface area contributed by atoms with Gasteiger partial charge in [0.25, 0.3) is 0 Å². The van der Waals surface area contributed by atoms with Crippen LogP contribution in [0.2, 0.25) is 0 Å². The molecule has 0 saturated carbocycles. The van der Waals surface area contributed by atoms with Gasteiger partial charge in [-0.2, -0.15) is 0 Å². The molecule has 0 unspecified atom stereocenters. The summed E-state index contributed by atoms with van der Waals surface area (Å²) in [4.78, 5) is 0. The number of rotatable bonds is 6. The predicted octanol–water partition coefficient (Wildman–Crippen LogP) is 4.33. The number of hydrogen-bond acceptors (Lipinski definition) is 2. The Morgan fingerprint density at radius 1 is 1.00 bits per heavy atom. The maximum atomic E-state index is 5.38. The van der Waals surface area contributed by atoms with E-state index in [2.05, 4.69) is 50.4 Å². The number of hydrogen-bond donors (Lipinski definition) is 1. The second-order valence-electron chi connectivity index (χ2n) is 5.53. The van der Waals surface area contributed by atoms with Crippen molar-refractivity contribution in [3.05, 3.63) is 59.5 Å². The molecule has 0 aliphatic heterocycles. The molecule has 19 heavy (non-hydrogen) atoms. The van der Waals surface area contributed by atoms with E-state index in [0.29, 0.717) is 5.92 Å². The quantitative estimate of drug-likeness (QED) is 0.833. The topological polar surface area (TPSA) is 25.2 Å². The average molecular weight is 257 g/mol. The van der Waals surface area contributed by atoms with Crippen molar-refractivity contribution >= 4 is 0 Å². The fourth-order valence-electron chi connectivity index (χ4n) is 2.17. The van der Waals surface area contributed by atoms with Crippen molar-refractivity contribution in [1.82, 2.24) is 5.32 Å². The largest absolute Gasteiger partial charge is 0.468 e. The van der Waals surface area contributed by atoms with E-state index < -0.39 is 0 Å². The van der Waals surface area contributed by atoms with Gasteiger partial charge in [-0.15, -0.1) is 0 Å². The third-order valence-corrected chi connectivity index (χ3v) is 3.25. The summed E-state index contributed by atoms with van der Waals surface area (Å²) in [6.07, 6.45) is 2.87. The van der Waals surface area contributed by atoms with Gasteiger partial charge >= 0.3 is 0 Å². The van der Waals surface area contributed by atoms with Crippen molar-refractivity contribution in [2.45, 2.75) is 39.8 Å². The molecule has 0 radical (unpaired) electrons. The summed E-state index contributed by atoms with van der Waals surface area (Å²) >= 11 is 0. The first-order valence-corrected chi connectivity index (χ1v) is 6.99. The van der Waals surface area contributed by atoms with E-state index in [1.54, 1.807) is 6.26 Å². The van der Waals surface area contributed by atoms with Gasteiger partial charge in [-0.1, -0.05) is 38.1 Å². The summed E-state index contributed by atoms with van der Waals surface area (Å²) in [6, 6.07) is 13.0. The normalized spacial score (nSPS) is 12.8. The van der Waals surface area contributed by atoms with Gasteiger partial charge in [-0.25, -0.2) is 0 Å². The Balaban J connectivity index is 1.86. The summed E-state index contributed by atoms with van der Waals surface area (Å²) in [7, 11) is 0. The van der Waals surface area contributed by atoms with Gasteiger partial charge in [-0.05, 0) is 42.5 Å². The van der Waals surface area contributed by atoms with Crippen LogP contribution < -0.4 is 5.32 Å². The lowest BCUT2D eigenvalue weighted by Crippen LogP contribution is -2.17. The van der Waals surface area contributed by atoms with Crippen LogP contribution in [0.4, 0.5) is 0 Å². The van der Waals surface area contributed by atoms with Crippen LogP contribution >= 0.6 is 0 Å². The SMILES string of the molecule is CC(C)Cc1ccc(CN[C@H](C)c2ccco2)cc1. The Bertz CT molecular complexity index is 470. The fourth-order valence-corrected chi connectivity index (χ4v) is 2.17. The zero-order valence-electron chi connectivity index (χ0n) is 12.0. The highest BCUT2D eigenvalue weighted by atomic mass is 16.3. The molecule has 0 amide bonds. The molecule has 102 valence electrons. The molecule has 1 heterocycles. The molecule has 1 atom stereocenters. The lowest BCUT2D eigenvalue weighted by Gasteiger charge is -2.12. The van der Waals surface area contributed by atoms with Crippen LogP contribution in [-0.2, 0) is 13.0 Å². The van der Waals surface area contributed by atoms with Crippen molar-refractivity contribution in [2.24, 2.45) is 5.92 Å². The Kier molecular flexibility index (Phi) is 4.80. The third-order valence-electron chi connectivity index (χ3n) is 3.25. The van der Waals surface area contributed by atoms with E-state index in [1.165, 1.54) is 11.1 Å². The Labute approximate surface area is 115 Å². The number of benzene rings is 1. The minimum atomic E-state index is 0.241. The first-order chi connectivity index (χ1) is 9.15. The predicted molar refractivity (Wildman–Crippen MR) is 78.9 cm³/mol. The Hall–Kier alpha value is -1.54. The van der Waals surface area contributed by atoms with Gasteiger partial charge < -0.3 is 9.73 Å². The first-order valence-electron chi connectivity index (χ1n) is 6.99. The minimum absolute atomic E-state index is 0.241. The molecule has 0 bridgehead atoms. The Morgan fingerprint density at radius 2 is 1.68 bits per heavy atom. The summed E-state index contributed by atoms with van der Waals surface area (Å²) in [5.41, 5.74) is 2.73. The van der Waals surface area contributed by atoms with Crippen molar-refractivity contribution in [3.63, 3.8) is 0 Å². The zero-order chi connectivity index (χ0) is 13.7. The minimum Gasteiger partial charge on any atom is -0.468 e. The van der Waals surface area contributed by atoms with E-state index >= 15 is 0 Å². The molecule has 0 aliphatic carbocycles. The van der Waals surface area contributed by atoms with E-state index in [1.807, 2.05) is 12.1 Å². The van der Waals surface area contributed by atoms with Crippen LogP contribution in [-0.4, -0.2) is 0 Å². The molecule has 1 aromatic heterocycles. The molecule has 2 heteroatoms. The van der Waals surface area contributed by atoms with Gasteiger partial charge in [0.05, 0.1) is 12.3 Å². The van der Waals surface area contributed by atoms with Crippen molar-refractivity contribution in [2.75, 3.05) is 0 Å². The summed E-state index contributed by atoms with van der Waals surface area (Å²) in [5.74, 6) is 1.69. The van der Waals surface area contributed by atoms with Crippen LogP contribution in [0.1, 0.15) is 43.7 Å². The molecule has 1 N–H and O–H groups in total. The molecule has 1 aromatic carbocycles. The zero-order valence-corrected chi connectivity index (χ0v) is 12.0. The summed E-state index contributed by atoms with van der Waals surface area (Å²) in [5, 5.41) is 3.47. The standard InChI is InChI=1S/C17H23NO/c1-13(2)11-15-6-8-16(9-7-15)12-18-14(3)17-5-4-10-19-17/h4-10,13-14,18H,11-12H2,1-3H3/t14-/m1/s1. The van der Waals surface area contributed by atoms with Crippen molar-refractivity contribution in [3.8, 4) is 0 Å². The maximum absolute atomic E-state index is 5.38. The molecule has 0 aliphatic rings. The molecular formula is C17H23NO. The highest BCUT2D eigenvalue weighted by Gasteiger charge is 2.07. The molecule has 0 saturated heterocycles. The average Bonchev–Trinajstić information content (AvgIpc) is 2.91. The van der Waals surface area contributed by atoms with E-state index in [4.69, 9.17) is 4.42 Å². The van der Waals surface area contributed by atoms with Gasteiger partial charge in [0.2, 0.25) is 0 Å². The number of nitrogens with one attached hydrogen (secondary N) is 1. The highest BCUT2D eigenvalue weighted by molar-refractivity contribution is 5.23. The van der Waals surface area contributed by atoms with Crippen LogP contribution in [0, 0.1) is 5.92 Å². The van der Waals surface area contributed by atoms with Gasteiger partial charge in [0.1, 0.15) is 5.76 Å². The molecular weight excluding hydrogens is 234 g/mol. The van der Waals surface area contributed by atoms with Crippen LogP contribution in [0.5, 0.6) is 0 Å². The van der Waals surface area contributed by atoms with Crippen LogP contribution in [0.25, 0.3) is 0 Å². The van der Waals surface area contributed by atoms with Crippen molar-refractivity contribution < 1.29 is 4.42 Å². The lowest BCUT2D eigenvalue weighted by molar-refractivity contribution is 0.430. The smallest absolute Gasteiger partial charge is 0.120 e. The molecule has 0 fully saturated rings. The van der Waals surface area contributed by atoms with E-state index in [9.17, 15) is 0 Å². The summed E-state index contributed by atoms with van der Waals surface area (Å²) < 4.78 is 5.38. The third kappa shape index (κ3) is 4.25. The monoisotopic (exact) mass is 257 g/mol. The first kappa shape index (κ1) is 13.9. The second-order valence-corrected chi connectivity index (χ2v) is 5.53. The van der Waals surface area contributed by atoms with Crippen LogP contribution in [0.3, 0.4) is 0 Å². The maximum Gasteiger partial charge on any atom is 0.120 e. The molecule has 2 rings (SSSR count). The summed E-state index contributed by atoms with van der Waals surface area (Å²) in [6.45, 7) is 7.48. The molecule has 2 nitrogen and oxygen atoms in total.